The lowest BCUT2D eigenvalue weighted by Gasteiger charge is -2.17. The van der Waals surface area contributed by atoms with Gasteiger partial charge in [0.2, 0.25) is 0 Å². The molecule has 102 valence electrons. The molecule has 0 bridgehead atoms. The molecule has 1 heterocycles. The molecular weight excluding hydrogens is 312 g/mol. The maximum absolute atomic E-state index is 12.0. The molecule has 19 heavy (non-hydrogen) atoms. The van der Waals surface area contributed by atoms with Gasteiger partial charge in [-0.3, -0.25) is 4.79 Å². The average molecular weight is 327 g/mol. The number of esters is 1. The fraction of sp³-hybridized carbons (Fsp3) is 0.385. The van der Waals surface area contributed by atoms with Crippen molar-refractivity contribution in [2.45, 2.75) is 6.04 Å². The molecule has 2 amide bonds. The van der Waals surface area contributed by atoms with Gasteiger partial charge in [0, 0.05) is 18.1 Å². The van der Waals surface area contributed by atoms with Gasteiger partial charge in [-0.05, 0) is 17.7 Å². The third-order valence-electron chi connectivity index (χ3n) is 3.24. The van der Waals surface area contributed by atoms with Crippen LogP contribution in [0.15, 0.2) is 28.7 Å². The number of hydrogen-bond acceptors (Lipinski definition) is 3. The zero-order chi connectivity index (χ0) is 14.0. The second kappa shape index (κ2) is 5.61. The minimum atomic E-state index is -0.404. The Bertz CT molecular complexity index is 489. The molecule has 1 atom stereocenters. The van der Waals surface area contributed by atoms with Gasteiger partial charge < -0.3 is 14.5 Å². The van der Waals surface area contributed by atoms with Gasteiger partial charge in [0.1, 0.15) is 6.54 Å². The van der Waals surface area contributed by atoms with E-state index in [4.69, 9.17) is 0 Å². The summed E-state index contributed by atoms with van der Waals surface area (Å²) in [6.07, 6.45) is 0. The van der Waals surface area contributed by atoms with Crippen LogP contribution in [-0.4, -0.2) is 49.0 Å². The predicted molar refractivity (Wildman–Crippen MR) is 73.6 cm³/mol. The van der Waals surface area contributed by atoms with Crippen molar-refractivity contribution in [1.29, 1.82) is 0 Å². The van der Waals surface area contributed by atoms with Crippen LogP contribution < -0.4 is 0 Å². The third kappa shape index (κ3) is 2.89. The molecule has 1 aromatic rings. The summed E-state index contributed by atoms with van der Waals surface area (Å²) in [5.74, 6) is -0.404. The molecule has 0 aromatic heterocycles. The minimum Gasteiger partial charge on any atom is -0.468 e. The lowest BCUT2D eigenvalue weighted by molar-refractivity contribution is -0.141. The summed E-state index contributed by atoms with van der Waals surface area (Å²) in [6.45, 7) is 0.485. The number of carbonyl (C=O) groups excluding carboxylic acids is 2. The van der Waals surface area contributed by atoms with Crippen molar-refractivity contribution in [3.05, 3.63) is 34.3 Å². The van der Waals surface area contributed by atoms with Crippen LogP contribution >= 0.6 is 15.9 Å². The molecule has 0 aliphatic carbocycles. The number of amides is 2. The van der Waals surface area contributed by atoms with Gasteiger partial charge in [0.05, 0.1) is 13.2 Å². The molecule has 2 rings (SSSR count). The molecule has 1 saturated heterocycles. The lowest BCUT2D eigenvalue weighted by Crippen LogP contribution is -2.34. The van der Waals surface area contributed by atoms with Gasteiger partial charge >= 0.3 is 12.0 Å². The van der Waals surface area contributed by atoms with Crippen molar-refractivity contribution in [3.63, 3.8) is 0 Å². The van der Waals surface area contributed by atoms with Gasteiger partial charge in [0.15, 0.2) is 0 Å². The average Bonchev–Trinajstić information content (AvgIpc) is 2.68. The molecule has 5 nitrogen and oxygen atoms in total. The van der Waals surface area contributed by atoms with Crippen LogP contribution in [0.25, 0.3) is 0 Å². The first kappa shape index (κ1) is 13.9. The molecule has 0 saturated carbocycles. The molecular formula is C13H15BrN2O3. The second-order valence-corrected chi connectivity index (χ2v) is 5.33. The highest BCUT2D eigenvalue weighted by Crippen LogP contribution is 2.28. The van der Waals surface area contributed by atoms with Crippen LogP contribution in [0, 0.1) is 0 Å². The Morgan fingerprint density at radius 3 is 2.63 bits per heavy atom. The lowest BCUT2D eigenvalue weighted by atomic mass is 10.1. The smallest absolute Gasteiger partial charge is 0.325 e. The molecule has 1 fully saturated rings. The summed E-state index contributed by atoms with van der Waals surface area (Å²) in [7, 11) is 3.06. The van der Waals surface area contributed by atoms with Crippen molar-refractivity contribution in [2.75, 3.05) is 27.2 Å². The minimum absolute atomic E-state index is 0.00724. The highest BCUT2D eigenvalue weighted by atomic mass is 79.9. The first-order valence-corrected chi connectivity index (χ1v) is 6.66. The Morgan fingerprint density at radius 2 is 2.05 bits per heavy atom. The van der Waals surface area contributed by atoms with E-state index in [9.17, 15) is 9.59 Å². The van der Waals surface area contributed by atoms with Gasteiger partial charge in [-0.2, -0.15) is 0 Å². The van der Waals surface area contributed by atoms with Crippen LogP contribution in [-0.2, 0) is 9.53 Å². The molecule has 0 spiro atoms. The summed E-state index contributed by atoms with van der Waals surface area (Å²) < 4.78 is 5.59. The summed E-state index contributed by atoms with van der Waals surface area (Å²) in [4.78, 5) is 26.5. The molecule has 1 unspecified atom stereocenters. The van der Waals surface area contributed by atoms with E-state index in [1.54, 1.807) is 11.9 Å². The van der Waals surface area contributed by atoms with Crippen molar-refractivity contribution < 1.29 is 14.3 Å². The summed E-state index contributed by atoms with van der Waals surface area (Å²) in [5, 5.41) is 0. The van der Waals surface area contributed by atoms with E-state index in [1.165, 1.54) is 12.0 Å². The van der Waals surface area contributed by atoms with Gasteiger partial charge in [-0.25, -0.2) is 4.79 Å². The van der Waals surface area contributed by atoms with E-state index in [1.807, 2.05) is 24.3 Å². The summed E-state index contributed by atoms with van der Waals surface area (Å²) in [6, 6.07) is 7.64. The Labute approximate surface area is 120 Å². The number of urea groups is 1. The predicted octanol–water partition coefficient (Wildman–Crippen LogP) is 2.03. The first-order valence-electron chi connectivity index (χ1n) is 5.87. The summed E-state index contributed by atoms with van der Waals surface area (Å²) >= 11 is 3.38. The number of hydrogen-bond donors (Lipinski definition) is 0. The van der Waals surface area contributed by atoms with Crippen molar-refractivity contribution in [1.82, 2.24) is 9.80 Å². The fourth-order valence-electron chi connectivity index (χ4n) is 2.13. The molecule has 0 radical (unpaired) electrons. The van der Waals surface area contributed by atoms with Crippen LogP contribution in [0.4, 0.5) is 4.79 Å². The first-order chi connectivity index (χ1) is 9.02. The second-order valence-electron chi connectivity index (χ2n) is 4.42. The van der Waals surface area contributed by atoms with Crippen molar-refractivity contribution >= 4 is 27.9 Å². The van der Waals surface area contributed by atoms with Crippen LogP contribution in [0.2, 0.25) is 0 Å². The third-order valence-corrected chi connectivity index (χ3v) is 3.76. The number of methoxy groups -OCH3 is 1. The van der Waals surface area contributed by atoms with Crippen LogP contribution in [0.3, 0.4) is 0 Å². The van der Waals surface area contributed by atoms with E-state index >= 15 is 0 Å². The number of likely N-dealkylation sites (N-methyl/N-ethyl adjacent to an activating group) is 1. The van der Waals surface area contributed by atoms with E-state index in [-0.39, 0.29) is 18.6 Å². The van der Waals surface area contributed by atoms with Gasteiger partial charge in [-0.1, -0.05) is 28.1 Å². The zero-order valence-corrected chi connectivity index (χ0v) is 12.4. The summed E-state index contributed by atoms with van der Waals surface area (Å²) in [5.41, 5.74) is 1.05. The molecule has 6 heteroatoms. The van der Waals surface area contributed by atoms with Crippen LogP contribution in [0.1, 0.15) is 11.6 Å². The monoisotopic (exact) mass is 326 g/mol. The maximum atomic E-state index is 12.0. The van der Waals surface area contributed by atoms with E-state index < -0.39 is 5.97 Å². The Morgan fingerprint density at radius 1 is 1.42 bits per heavy atom. The van der Waals surface area contributed by atoms with Gasteiger partial charge in [0.25, 0.3) is 0 Å². The normalized spacial score (nSPS) is 18.9. The largest absolute Gasteiger partial charge is 0.468 e. The Kier molecular flexibility index (Phi) is 4.09. The van der Waals surface area contributed by atoms with E-state index in [2.05, 4.69) is 20.7 Å². The number of ether oxygens (including phenoxy) is 1. The molecule has 0 N–H and O–H groups in total. The quantitative estimate of drug-likeness (QED) is 0.798. The molecule has 1 aromatic carbocycles. The Balaban J connectivity index is 2.14. The Hall–Kier alpha value is -1.56. The molecule has 1 aliphatic heterocycles. The standard InChI is InChI=1S/C13H15BrN2O3/c1-15-11(9-3-5-10(14)6-4-9)7-16(13(15)18)8-12(17)19-2/h3-6,11H,7-8H2,1-2H3. The number of nitrogens with zero attached hydrogens (tertiary/aromatic N) is 2. The van der Waals surface area contributed by atoms with E-state index in [0.29, 0.717) is 6.54 Å². The molecule has 1 aliphatic rings. The number of benzene rings is 1. The fourth-order valence-corrected chi connectivity index (χ4v) is 2.40. The van der Waals surface area contributed by atoms with Crippen LogP contribution in [0.5, 0.6) is 0 Å². The number of halogens is 1. The number of rotatable bonds is 3. The van der Waals surface area contributed by atoms with Crippen molar-refractivity contribution in [3.8, 4) is 0 Å². The zero-order valence-electron chi connectivity index (χ0n) is 10.8. The number of carbonyl (C=O) groups is 2. The SMILES string of the molecule is COC(=O)CN1CC(c2ccc(Br)cc2)N(C)C1=O. The topological polar surface area (TPSA) is 49.9 Å². The highest BCUT2D eigenvalue weighted by Gasteiger charge is 2.36. The van der Waals surface area contributed by atoms with Gasteiger partial charge in [-0.15, -0.1) is 0 Å². The van der Waals surface area contributed by atoms with E-state index in [0.717, 1.165) is 10.0 Å². The van der Waals surface area contributed by atoms with Crippen molar-refractivity contribution in [2.24, 2.45) is 0 Å². The highest BCUT2D eigenvalue weighted by molar-refractivity contribution is 9.10. The maximum Gasteiger partial charge on any atom is 0.325 e.